The predicted molar refractivity (Wildman–Crippen MR) is 47.6 cm³/mol. The Morgan fingerprint density at radius 1 is 1.18 bits per heavy atom. The molecule has 2 atom stereocenters. The summed E-state index contributed by atoms with van der Waals surface area (Å²) in [6.45, 7) is 10.00. The molecule has 0 N–H and O–H groups in total. The van der Waals surface area contributed by atoms with Gasteiger partial charge in [0.15, 0.2) is 0 Å². The Labute approximate surface area is 70.1 Å². The summed E-state index contributed by atoms with van der Waals surface area (Å²) in [4.78, 5) is 0. The van der Waals surface area contributed by atoms with Crippen LogP contribution < -0.4 is 0 Å². The minimum absolute atomic E-state index is 0.333. The molecule has 1 rings (SSSR count). The van der Waals surface area contributed by atoms with E-state index in [1.807, 2.05) is 0 Å². The summed E-state index contributed by atoms with van der Waals surface area (Å²) in [5.74, 6) is 0.772. The third-order valence-electron chi connectivity index (χ3n) is 2.47. The Bertz CT molecular complexity index is 115. The van der Waals surface area contributed by atoms with Gasteiger partial charge >= 0.3 is 0 Å². The molecular weight excluding hydrogens is 136 g/mol. The van der Waals surface area contributed by atoms with E-state index in [0.717, 1.165) is 12.5 Å². The highest BCUT2D eigenvalue weighted by Gasteiger charge is 2.28. The van der Waals surface area contributed by atoms with Crippen LogP contribution in [0.2, 0.25) is 0 Å². The zero-order chi connectivity index (χ0) is 8.48. The Hall–Kier alpha value is -0.0400. The maximum Gasteiger partial charge on any atom is 0.0623 e. The second-order valence-corrected chi connectivity index (χ2v) is 4.87. The predicted octanol–water partition coefficient (Wildman–Crippen LogP) is 2.85. The summed E-state index contributed by atoms with van der Waals surface area (Å²) in [6.07, 6.45) is 3.06. The van der Waals surface area contributed by atoms with Gasteiger partial charge in [-0.3, -0.25) is 0 Å². The van der Waals surface area contributed by atoms with Gasteiger partial charge in [0.2, 0.25) is 0 Å². The van der Waals surface area contributed by atoms with E-state index >= 15 is 0 Å². The molecule has 0 aromatic rings. The van der Waals surface area contributed by atoms with Gasteiger partial charge in [-0.05, 0) is 24.2 Å². The van der Waals surface area contributed by atoms with E-state index in [2.05, 4.69) is 27.7 Å². The van der Waals surface area contributed by atoms with E-state index in [-0.39, 0.29) is 0 Å². The minimum Gasteiger partial charge on any atom is -0.377 e. The largest absolute Gasteiger partial charge is 0.377 e. The van der Waals surface area contributed by atoms with Crippen LogP contribution in [-0.2, 0) is 4.74 Å². The molecule has 0 radical (unpaired) electrons. The summed E-state index contributed by atoms with van der Waals surface area (Å²) in [5, 5.41) is 0. The summed E-state index contributed by atoms with van der Waals surface area (Å²) in [5.41, 5.74) is 0.333. The van der Waals surface area contributed by atoms with E-state index in [1.165, 1.54) is 12.8 Å². The molecule has 1 nitrogen and oxygen atoms in total. The van der Waals surface area contributed by atoms with Crippen molar-refractivity contribution >= 4 is 0 Å². The summed E-state index contributed by atoms with van der Waals surface area (Å²) in [7, 11) is 0. The second-order valence-electron chi connectivity index (χ2n) is 4.87. The molecule has 1 fully saturated rings. The van der Waals surface area contributed by atoms with Crippen LogP contribution in [0.15, 0.2) is 0 Å². The smallest absolute Gasteiger partial charge is 0.0623 e. The van der Waals surface area contributed by atoms with Gasteiger partial charge in [-0.25, -0.2) is 0 Å². The van der Waals surface area contributed by atoms with Gasteiger partial charge < -0.3 is 4.74 Å². The van der Waals surface area contributed by atoms with Crippen LogP contribution in [0.3, 0.4) is 0 Å². The fourth-order valence-electron chi connectivity index (χ4n) is 1.57. The van der Waals surface area contributed by atoms with Crippen molar-refractivity contribution in [2.75, 3.05) is 6.61 Å². The second kappa shape index (κ2) is 3.14. The van der Waals surface area contributed by atoms with Crippen LogP contribution in [0.25, 0.3) is 0 Å². The van der Waals surface area contributed by atoms with Gasteiger partial charge in [-0.2, -0.15) is 0 Å². The number of hydrogen-bond acceptors (Lipinski definition) is 1. The lowest BCUT2D eigenvalue weighted by Crippen LogP contribution is -2.34. The van der Waals surface area contributed by atoms with E-state index in [1.54, 1.807) is 0 Å². The highest BCUT2D eigenvalue weighted by Crippen LogP contribution is 2.30. The van der Waals surface area contributed by atoms with E-state index in [4.69, 9.17) is 4.74 Å². The van der Waals surface area contributed by atoms with E-state index in [9.17, 15) is 0 Å². The third kappa shape index (κ3) is 2.48. The average molecular weight is 156 g/mol. The quantitative estimate of drug-likeness (QED) is 0.524. The van der Waals surface area contributed by atoms with E-state index < -0.39 is 0 Å². The van der Waals surface area contributed by atoms with Crippen LogP contribution in [0, 0.1) is 11.3 Å². The van der Waals surface area contributed by atoms with Crippen molar-refractivity contribution in [2.45, 2.75) is 46.6 Å². The summed E-state index contributed by atoms with van der Waals surface area (Å²) < 4.78 is 5.75. The highest BCUT2D eigenvalue weighted by molar-refractivity contribution is 4.78. The first kappa shape index (κ1) is 9.05. The lowest BCUT2D eigenvalue weighted by atomic mass is 9.83. The molecular formula is C10H20O. The van der Waals surface area contributed by atoms with Gasteiger partial charge in [0.1, 0.15) is 0 Å². The van der Waals surface area contributed by atoms with Crippen LogP contribution in [-0.4, -0.2) is 12.7 Å². The normalized spacial score (nSPS) is 33.8. The maximum absolute atomic E-state index is 5.75. The molecule has 0 aliphatic carbocycles. The lowest BCUT2D eigenvalue weighted by Gasteiger charge is -2.35. The van der Waals surface area contributed by atoms with Gasteiger partial charge in [0.05, 0.1) is 6.10 Å². The molecule has 1 aliphatic rings. The Morgan fingerprint density at radius 2 is 1.82 bits per heavy atom. The molecule has 0 aromatic carbocycles. The van der Waals surface area contributed by atoms with Crippen LogP contribution in [0.1, 0.15) is 40.5 Å². The SMILES string of the molecule is C[C@@H]1CC[C@H](C(C)(C)C)OC1. The molecule has 1 heteroatoms. The molecule has 0 unspecified atom stereocenters. The zero-order valence-electron chi connectivity index (χ0n) is 8.18. The molecule has 0 aromatic heterocycles. The molecule has 1 saturated heterocycles. The van der Waals surface area contributed by atoms with Crippen molar-refractivity contribution in [3.8, 4) is 0 Å². The Morgan fingerprint density at radius 3 is 2.18 bits per heavy atom. The van der Waals surface area contributed by atoms with Crippen LogP contribution >= 0.6 is 0 Å². The van der Waals surface area contributed by atoms with Gasteiger partial charge in [-0.15, -0.1) is 0 Å². The van der Waals surface area contributed by atoms with Gasteiger partial charge in [0.25, 0.3) is 0 Å². The third-order valence-corrected chi connectivity index (χ3v) is 2.47. The minimum atomic E-state index is 0.333. The van der Waals surface area contributed by atoms with Crippen molar-refractivity contribution in [2.24, 2.45) is 11.3 Å². The molecule has 0 bridgehead atoms. The van der Waals surface area contributed by atoms with Crippen molar-refractivity contribution < 1.29 is 4.74 Å². The van der Waals surface area contributed by atoms with Crippen molar-refractivity contribution in [3.63, 3.8) is 0 Å². The first-order valence-corrected chi connectivity index (χ1v) is 4.62. The zero-order valence-corrected chi connectivity index (χ0v) is 8.18. The lowest BCUT2D eigenvalue weighted by molar-refractivity contribution is -0.0670. The monoisotopic (exact) mass is 156 g/mol. The number of ether oxygens (including phenoxy) is 1. The van der Waals surface area contributed by atoms with Crippen molar-refractivity contribution in [1.29, 1.82) is 0 Å². The molecule has 0 saturated carbocycles. The Balaban J connectivity index is 2.39. The first-order chi connectivity index (χ1) is 5.00. The first-order valence-electron chi connectivity index (χ1n) is 4.62. The molecule has 66 valence electrons. The molecule has 11 heavy (non-hydrogen) atoms. The highest BCUT2D eigenvalue weighted by atomic mass is 16.5. The summed E-state index contributed by atoms with van der Waals surface area (Å²) >= 11 is 0. The molecule has 0 amide bonds. The topological polar surface area (TPSA) is 9.23 Å². The van der Waals surface area contributed by atoms with Gasteiger partial charge in [0, 0.05) is 6.61 Å². The fraction of sp³-hybridized carbons (Fsp3) is 1.00. The van der Waals surface area contributed by atoms with E-state index in [0.29, 0.717) is 11.5 Å². The fourth-order valence-corrected chi connectivity index (χ4v) is 1.57. The van der Waals surface area contributed by atoms with Crippen LogP contribution in [0.5, 0.6) is 0 Å². The summed E-state index contributed by atoms with van der Waals surface area (Å²) in [6, 6.07) is 0. The standard InChI is InChI=1S/C10H20O/c1-8-5-6-9(11-7-8)10(2,3)4/h8-9H,5-7H2,1-4H3/t8-,9-/m1/s1. The van der Waals surface area contributed by atoms with Gasteiger partial charge in [-0.1, -0.05) is 27.7 Å². The molecule has 1 aliphatic heterocycles. The van der Waals surface area contributed by atoms with Crippen molar-refractivity contribution in [1.82, 2.24) is 0 Å². The number of hydrogen-bond donors (Lipinski definition) is 0. The average Bonchev–Trinajstić information content (AvgIpc) is 1.86. The van der Waals surface area contributed by atoms with Crippen LogP contribution in [0.4, 0.5) is 0 Å². The molecule has 0 spiro atoms. The number of rotatable bonds is 0. The Kier molecular flexibility index (Phi) is 2.58. The molecule has 1 heterocycles. The van der Waals surface area contributed by atoms with Crippen molar-refractivity contribution in [3.05, 3.63) is 0 Å². The maximum atomic E-state index is 5.75.